The molecule has 2 aliphatic heterocycles. The predicted molar refractivity (Wildman–Crippen MR) is 77.5 cm³/mol. The van der Waals surface area contributed by atoms with Gasteiger partial charge in [0.15, 0.2) is 0 Å². The summed E-state index contributed by atoms with van der Waals surface area (Å²) in [5, 5.41) is 0. The van der Waals surface area contributed by atoms with Crippen LogP contribution in [-0.2, 0) is 16.9 Å². The number of thioether (sulfide) groups is 1. The van der Waals surface area contributed by atoms with Gasteiger partial charge < -0.3 is 4.74 Å². The van der Waals surface area contributed by atoms with Gasteiger partial charge in [0.05, 0.1) is 6.61 Å². The second-order valence-corrected chi connectivity index (χ2v) is 6.87. The van der Waals surface area contributed by atoms with Gasteiger partial charge in [0, 0.05) is 15.5 Å². The van der Waals surface area contributed by atoms with Crippen molar-refractivity contribution < 1.29 is 4.74 Å². The van der Waals surface area contributed by atoms with Crippen molar-refractivity contribution in [3.63, 3.8) is 0 Å². The Balaban J connectivity index is 1.86. The summed E-state index contributed by atoms with van der Waals surface area (Å²) >= 11 is 3.90. The molecule has 0 saturated heterocycles. The Morgan fingerprint density at radius 3 is 3.11 bits per heavy atom. The molecule has 18 heavy (non-hydrogen) atoms. The van der Waals surface area contributed by atoms with Gasteiger partial charge in [-0.3, -0.25) is 5.84 Å². The van der Waals surface area contributed by atoms with E-state index in [0.717, 1.165) is 31.0 Å². The predicted octanol–water partition coefficient (Wildman–Crippen LogP) is 2.74. The van der Waals surface area contributed by atoms with Crippen LogP contribution in [0.25, 0.3) is 0 Å². The summed E-state index contributed by atoms with van der Waals surface area (Å²) in [5.74, 6) is 9.10. The van der Waals surface area contributed by atoms with E-state index in [9.17, 15) is 0 Å². The number of thiophene rings is 1. The Bertz CT molecular complexity index is 432. The molecule has 1 aromatic heterocycles. The number of hydrazine groups is 1. The fourth-order valence-corrected chi connectivity index (χ4v) is 4.84. The lowest BCUT2D eigenvalue weighted by Gasteiger charge is -2.22. The maximum absolute atomic E-state index is 5.74. The lowest BCUT2D eigenvalue weighted by molar-refractivity contribution is 0.168. The van der Waals surface area contributed by atoms with Gasteiger partial charge in [-0.15, -0.1) is 11.3 Å². The molecule has 3 heterocycles. The molecule has 98 valence electrons. The van der Waals surface area contributed by atoms with Crippen molar-refractivity contribution >= 4 is 23.1 Å². The van der Waals surface area contributed by atoms with E-state index in [-0.39, 0.29) is 6.04 Å². The van der Waals surface area contributed by atoms with Gasteiger partial charge in [0.2, 0.25) is 0 Å². The van der Waals surface area contributed by atoms with Gasteiger partial charge in [0.1, 0.15) is 11.8 Å². The van der Waals surface area contributed by atoms with Crippen molar-refractivity contribution in [3.8, 4) is 0 Å². The molecule has 0 fully saturated rings. The van der Waals surface area contributed by atoms with Crippen molar-refractivity contribution in [3.05, 3.63) is 33.2 Å². The maximum atomic E-state index is 5.74. The average Bonchev–Trinajstić information content (AvgIpc) is 2.84. The largest absolute Gasteiger partial charge is 0.496 e. The van der Waals surface area contributed by atoms with Crippen LogP contribution in [0, 0.1) is 0 Å². The van der Waals surface area contributed by atoms with Gasteiger partial charge in [-0.25, -0.2) is 5.43 Å². The zero-order valence-corrected chi connectivity index (χ0v) is 11.9. The van der Waals surface area contributed by atoms with Gasteiger partial charge in [-0.05, 0) is 42.7 Å². The molecule has 3 rings (SSSR count). The van der Waals surface area contributed by atoms with Crippen LogP contribution < -0.4 is 11.3 Å². The highest BCUT2D eigenvalue weighted by Crippen LogP contribution is 2.37. The van der Waals surface area contributed by atoms with Gasteiger partial charge >= 0.3 is 0 Å². The summed E-state index contributed by atoms with van der Waals surface area (Å²) in [6, 6.07) is 2.33. The normalized spacial score (nSPS) is 20.8. The Kier molecular flexibility index (Phi) is 3.94. The minimum atomic E-state index is 0.0332. The number of hydrogen-bond donors (Lipinski definition) is 2. The second-order valence-electron chi connectivity index (χ2n) is 4.60. The fraction of sp³-hybridized carbons (Fsp3) is 0.538. The van der Waals surface area contributed by atoms with E-state index in [2.05, 4.69) is 17.6 Å². The molecule has 2 aliphatic rings. The number of allylic oxidation sites excluding steroid dienone is 1. The first-order valence-corrected chi connectivity index (χ1v) is 8.34. The molecule has 1 aromatic rings. The van der Waals surface area contributed by atoms with Crippen LogP contribution in [0.5, 0.6) is 0 Å². The number of hydrogen-bond acceptors (Lipinski definition) is 5. The molecule has 0 spiro atoms. The monoisotopic (exact) mass is 282 g/mol. The molecule has 0 saturated carbocycles. The van der Waals surface area contributed by atoms with E-state index in [1.54, 1.807) is 0 Å². The minimum absolute atomic E-state index is 0.0332. The maximum Gasteiger partial charge on any atom is 0.116 e. The Labute approximate surface area is 116 Å². The quantitative estimate of drug-likeness (QED) is 0.661. The van der Waals surface area contributed by atoms with E-state index in [1.165, 1.54) is 27.5 Å². The van der Waals surface area contributed by atoms with E-state index in [4.69, 9.17) is 10.6 Å². The highest BCUT2D eigenvalue weighted by atomic mass is 32.2. The third-order valence-corrected chi connectivity index (χ3v) is 5.66. The molecule has 0 amide bonds. The standard InChI is InChI=1S/C13H18N2OS2/c14-15-13(10-3-1-2-5-16-10)12-7-9-8-17-6-4-11(9)18-12/h3,7,13,15H,1-2,4-6,8,14H2. The van der Waals surface area contributed by atoms with Gasteiger partial charge in [-0.1, -0.05) is 0 Å². The minimum Gasteiger partial charge on any atom is -0.496 e. The zero-order valence-electron chi connectivity index (χ0n) is 10.3. The van der Waals surface area contributed by atoms with Crippen molar-refractivity contribution in [1.82, 2.24) is 5.43 Å². The Morgan fingerprint density at radius 2 is 2.39 bits per heavy atom. The van der Waals surface area contributed by atoms with Crippen LogP contribution in [0.4, 0.5) is 0 Å². The first-order chi connectivity index (χ1) is 8.88. The molecule has 0 bridgehead atoms. The molecule has 0 radical (unpaired) electrons. The molecular weight excluding hydrogens is 264 g/mol. The number of aryl methyl sites for hydroxylation is 1. The van der Waals surface area contributed by atoms with Crippen LogP contribution in [0.3, 0.4) is 0 Å². The van der Waals surface area contributed by atoms with Crippen LogP contribution >= 0.6 is 23.1 Å². The molecule has 3 N–H and O–H groups in total. The first kappa shape index (κ1) is 12.5. The van der Waals surface area contributed by atoms with Gasteiger partial charge in [-0.2, -0.15) is 11.8 Å². The molecule has 3 nitrogen and oxygen atoms in total. The van der Waals surface area contributed by atoms with E-state index >= 15 is 0 Å². The van der Waals surface area contributed by atoms with E-state index < -0.39 is 0 Å². The number of nitrogens with one attached hydrogen (secondary N) is 1. The van der Waals surface area contributed by atoms with E-state index in [0.29, 0.717) is 0 Å². The topological polar surface area (TPSA) is 47.3 Å². The van der Waals surface area contributed by atoms with E-state index in [1.807, 2.05) is 23.1 Å². The molecule has 1 atom stereocenters. The molecule has 5 heteroatoms. The first-order valence-electron chi connectivity index (χ1n) is 6.36. The van der Waals surface area contributed by atoms with Crippen LogP contribution in [-0.4, -0.2) is 12.4 Å². The lowest BCUT2D eigenvalue weighted by atomic mass is 10.1. The third-order valence-electron chi connectivity index (χ3n) is 3.35. The summed E-state index contributed by atoms with van der Waals surface area (Å²) in [5.41, 5.74) is 4.40. The molecule has 1 unspecified atom stereocenters. The van der Waals surface area contributed by atoms with Crippen molar-refractivity contribution in [1.29, 1.82) is 0 Å². The van der Waals surface area contributed by atoms with Crippen LogP contribution in [0.2, 0.25) is 0 Å². The van der Waals surface area contributed by atoms with Gasteiger partial charge in [0.25, 0.3) is 0 Å². The number of nitrogens with two attached hydrogens (primary N) is 1. The fourth-order valence-electron chi connectivity index (χ4n) is 2.39. The third kappa shape index (κ3) is 2.45. The molecule has 0 aliphatic carbocycles. The second kappa shape index (κ2) is 5.65. The Hall–Kier alpha value is -0.490. The summed E-state index contributed by atoms with van der Waals surface area (Å²) in [4.78, 5) is 2.82. The Morgan fingerprint density at radius 1 is 1.44 bits per heavy atom. The smallest absolute Gasteiger partial charge is 0.116 e. The summed E-state index contributed by atoms with van der Waals surface area (Å²) in [7, 11) is 0. The summed E-state index contributed by atoms with van der Waals surface area (Å²) in [6.45, 7) is 0.810. The zero-order chi connectivity index (χ0) is 12.4. The highest BCUT2D eigenvalue weighted by Gasteiger charge is 2.23. The summed E-state index contributed by atoms with van der Waals surface area (Å²) in [6.07, 6.45) is 5.57. The molecule has 0 aromatic carbocycles. The number of rotatable bonds is 3. The molecular formula is C13H18N2OS2. The summed E-state index contributed by atoms with van der Waals surface area (Å²) < 4.78 is 5.74. The van der Waals surface area contributed by atoms with Crippen molar-refractivity contribution in [2.75, 3.05) is 12.4 Å². The SMILES string of the molecule is NNC(C1=CCCCO1)c1cc2c(s1)CCSC2. The number of fused-ring (bicyclic) bond motifs is 1. The van der Waals surface area contributed by atoms with Crippen LogP contribution in [0.1, 0.15) is 34.2 Å². The number of ether oxygens (including phenoxy) is 1. The van der Waals surface area contributed by atoms with Crippen molar-refractivity contribution in [2.45, 2.75) is 31.1 Å². The lowest BCUT2D eigenvalue weighted by Crippen LogP contribution is -2.30. The highest BCUT2D eigenvalue weighted by molar-refractivity contribution is 7.98. The van der Waals surface area contributed by atoms with Crippen LogP contribution in [0.15, 0.2) is 17.9 Å². The van der Waals surface area contributed by atoms with Crippen molar-refractivity contribution in [2.24, 2.45) is 5.84 Å². The average molecular weight is 282 g/mol.